The molecule has 4 fully saturated rings. The minimum Gasteiger partial charge on any atom is -0.381 e. The Labute approximate surface area is 206 Å². The average molecular weight is 455 g/mol. The molecule has 0 heterocycles. The number of ether oxygens (including phenoxy) is 1. The molecule has 0 aromatic rings. The average Bonchev–Trinajstić information content (AvgIpc) is 2.86. The fraction of sp³-hybridized carbons (Fsp3) is 0.875. The van der Waals surface area contributed by atoms with E-state index in [4.69, 9.17) is 4.74 Å². The van der Waals surface area contributed by atoms with Crippen LogP contribution in [0.3, 0.4) is 0 Å². The van der Waals surface area contributed by atoms with E-state index < -0.39 is 0 Å². The van der Waals surface area contributed by atoms with Crippen molar-refractivity contribution in [3.63, 3.8) is 0 Å². The molecule has 4 rings (SSSR count). The van der Waals surface area contributed by atoms with Gasteiger partial charge in [-0.3, -0.25) is 0 Å². The maximum atomic E-state index is 6.34. The molecule has 0 amide bonds. The van der Waals surface area contributed by atoms with Crippen LogP contribution in [0.25, 0.3) is 0 Å². The lowest BCUT2D eigenvalue weighted by molar-refractivity contribution is 0.0308. The zero-order valence-corrected chi connectivity index (χ0v) is 22.1. The standard InChI is InChI=1S/C32H54O/c1-3-5-25-7-15-29(16-8-25)31-19-11-27(12-20-31)23-33-24-28-13-21-32(22-14-28)30-17-9-26(6-4-2)10-18-30/h3-6,25-32H,7-24H2,1-2H3/b5-3+,6-4+. The third kappa shape index (κ3) is 7.71. The molecule has 0 aromatic heterocycles. The van der Waals surface area contributed by atoms with Gasteiger partial charge in [-0.25, -0.2) is 0 Å². The smallest absolute Gasteiger partial charge is 0.0494 e. The molecule has 0 saturated heterocycles. The Kier molecular flexibility index (Phi) is 10.5. The molecule has 4 aliphatic rings. The molecule has 33 heavy (non-hydrogen) atoms. The lowest BCUT2D eigenvalue weighted by atomic mass is 9.69. The van der Waals surface area contributed by atoms with Crippen molar-refractivity contribution >= 4 is 0 Å². The Balaban J connectivity index is 1.05. The van der Waals surface area contributed by atoms with Gasteiger partial charge in [-0.05, 0) is 164 Å². The van der Waals surface area contributed by atoms with Gasteiger partial charge < -0.3 is 4.74 Å². The Morgan fingerprint density at radius 1 is 0.455 bits per heavy atom. The van der Waals surface area contributed by atoms with E-state index in [1.165, 1.54) is 103 Å². The fourth-order valence-electron chi connectivity index (χ4n) is 8.22. The van der Waals surface area contributed by atoms with Gasteiger partial charge in [-0.15, -0.1) is 0 Å². The first-order chi connectivity index (χ1) is 16.2. The molecular formula is C32H54O. The second-order valence-corrected chi connectivity index (χ2v) is 12.5. The molecule has 0 unspecified atom stereocenters. The van der Waals surface area contributed by atoms with Crippen LogP contribution in [-0.4, -0.2) is 13.2 Å². The summed E-state index contributed by atoms with van der Waals surface area (Å²) in [4.78, 5) is 0. The molecule has 0 N–H and O–H groups in total. The highest BCUT2D eigenvalue weighted by atomic mass is 16.5. The summed E-state index contributed by atoms with van der Waals surface area (Å²) in [5.41, 5.74) is 0. The SMILES string of the molecule is C/C=C/C1CCC(C2CCC(COCC3CCC(C4CCC(/C=C/C)CC4)CC3)CC2)CC1. The van der Waals surface area contributed by atoms with E-state index in [-0.39, 0.29) is 0 Å². The first-order valence-corrected chi connectivity index (χ1v) is 15.1. The van der Waals surface area contributed by atoms with Crippen LogP contribution in [0.2, 0.25) is 0 Å². The lowest BCUT2D eigenvalue weighted by Crippen LogP contribution is -2.28. The van der Waals surface area contributed by atoms with Crippen LogP contribution in [0.1, 0.15) is 117 Å². The second-order valence-electron chi connectivity index (χ2n) is 12.5. The Morgan fingerprint density at radius 2 is 0.758 bits per heavy atom. The van der Waals surface area contributed by atoms with Gasteiger partial charge in [-0.2, -0.15) is 0 Å². The third-order valence-electron chi connectivity index (χ3n) is 10.4. The van der Waals surface area contributed by atoms with Gasteiger partial charge in [0.1, 0.15) is 0 Å². The maximum Gasteiger partial charge on any atom is 0.0494 e. The Morgan fingerprint density at radius 3 is 1.06 bits per heavy atom. The molecule has 188 valence electrons. The van der Waals surface area contributed by atoms with Crippen LogP contribution in [0.5, 0.6) is 0 Å². The quantitative estimate of drug-likeness (QED) is 0.332. The van der Waals surface area contributed by atoms with Crippen LogP contribution in [0.15, 0.2) is 24.3 Å². The van der Waals surface area contributed by atoms with Crippen molar-refractivity contribution in [2.75, 3.05) is 13.2 Å². The van der Waals surface area contributed by atoms with E-state index in [0.29, 0.717) is 0 Å². The molecule has 4 aliphatic carbocycles. The van der Waals surface area contributed by atoms with Gasteiger partial charge in [0.15, 0.2) is 0 Å². The normalized spacial score (nSPS) is 41.0. The summed E-state index contributed by atoms with van der Waals surface area (Å²) in [6.45, 7) is 6.46. The molecule has 0 aromatic carbocycles. The van der Waals surface area contributed by atoms with Gasteiger partial charge in [0.05, 0.1) is 0 Å². The van der Waals surface area contributed by atoms with Gasteiger partial charge >= 0.3 is 0 Å². The summed E-state index contributed by atoms with van der Waals surface area (Å²) < 4.78 is 6.34. The summed E-state index contributed by atoms with van der Waals surface area (Å²) in [6.07, 6.45) is 32.8. The van der Waals surface area contributed by atoms with E-state index in [2.05, 4.69) is 38.2 Å². The molecule has 0 spiro atoms. The Hall–Kier alpha value is -0.560. The van der Waals surface area contributed by atoms with Crippen molar-refractivity contribution in [1.82, 2.24) is 0 Å². The third-order valence-corrected chi connectivity index (χ3v) is 10.4. The Bertz CT molecular complexity index is 522. The van der Waals surface area contributed by atoms with Gasteiger partial charge in [0.2, 0.25) is 0 Å². The van der Waals surface area contributed by atoms with E-state index >= 15 is 0 Å². The van der Waals surface area contributed by atoms with E-state index in [9.17, 15) is 0 Å². The van der Waals surface area contributed by atoms with Gasteiger partial charge in [0.25, 0.3) is 0 Å². The van der Waals surface area contributed by atoms with E-state index in [1.807, 2.05) is 0 Å². The van der Waals surface area contributed by atoms with Gasteiger partial charge in [0, 0.05) is 13.2 Å². The van der Waals surface area contributed by atoms with Crippen LogP contribution in [0, 0.1) is 47.3 Å². The highest BCUT2D eigenvalue weighted by molar-refractivity contribution is 4.92. The van der Waals surface area contributed by atoms with Crippen molar-refractivity contribution in [2.24, 2.45) is 47.3 Å². The van der Waals surface area contributed by atoms with Gasteiger partial charge in [-0.1, -0.05) is 24.3 Å². The highest BCUT2D eigenvalue weighted by Gasteiger charge is 2.32. The largest absolute Gasteiger partial charge is 0.381 e. The number of allylic oxidation sites excluding steroid dienone is 4. The van der Waals surface area contributed by atoms with Crippen LogP contribution in [-0.2, 0) is 4.74 Å². The zero-order chi connectivity index (χ0) is 22.9. The first-order valence-electron chi connectivity index (χ1n) is 15.1. The topological polar surface area (TPSA) is 9.23 Å². The molecule has 4 saturated carbocycles. The highest BCUT2D eigenvalue weighted by Crippen LogP contribution is 2.43. The van der Waals surface area contributed by atoms with Crippen LogP contribution in [0.4, 0.5) is 0 Å². The summed E-state index contributed by atoms with van der Waals surface area (Å²) >= 11 is 0. The maximum absolute atomic E-state index is 6.34. The fourth-order valence-corrected chi connectivity index (χ4v) is 8.22. The predicted molar refractivity (Wildman–Crippen MR) is 142 cm³/mol. The molecule has 1 heteroatoms. The van der Waals surface area contributed by atoms with E-state index in [0.717, 1.165) is 60.6 Å². The monoisotopic (exact) mass is 454 g/mol. The summed E-state index contributed by atoms with van der Waals surface area (Å²) in [7, 11) is 0. The van der Waals surface area contributed by atoms with Crippen LogP contribution < -0.4 is 0 Å². The molecular weight excluding hydrogens is 400 g/mol. The molecule has 0 radical (unpaired) electrons. The molecule has 0 bridgehead atoms. The summed E-state index contributed by atoms with van der Waals surface area (Å²) in [5.74, 6) is 7.57. The van der Waals surface area contributed by atoms with Crippen LogP contribution >= 0.6 is 0 Å². The number of hydrogen-bond acceptors (Lipinski definition) is 1. The van der Waals surface area contributed by atoms with Crippen molar-refractivity contribution in [2.45, 2.75) is 117 Å². The molecule has 0 aliphatic heterocycles. The second kappa shape index (κ2) is 13.5. The van der Waals surface area contributed by atoms with E-state index in [1.54, 1.807) is 0 Å². The van der Waals surface area contributed by atoms with Crippen molar-refractivity contribution < 1.29 is 4.74 Å². The first kappa shape index (κ1) is 25.5. The zero-order valence-electron chi connectivity index (χ0n) is 22.1. The minimum atomic E-state index is 0.851. The van der Waals surface area contributed by atoms with Crippen molar-refractivity contribution in [3.05, 3.63) is 24.3 Å². The molecule has 0 atom stereocenters. The lowest BCUT2D eigenvalue weighted by Gasteiger charge is -2.38. The summed E-state index contributed by atoms with van der Waals surface area (Å²) in [6, 6.07) is 0. The van der Waals surface area contributed by atoms with Crippen molar-refractivity contribution in [3.8, 4) is 0 Å². The minimum absolute atomic E-state index is 0.851. The number of hydrogen-bond donors (Lipinski definition) is 0. The predicted octanol–water partition coefficient (Wildman–Crippen LogP) is 9.38. The number of rotatable bonds is 8. The summed E-state index contributed by atoms with van der Waals surface area (Å²) in [5, 5.41) is 0. The van der Waals surface area contributed by atoms with Crippen molar-refractivity contribution in [1.29, 1.82) is 0 Å². The molecule has 1 nitrogen and oxygen atoms in total.